The van der Waals surface area contributed by atoms with Crippen LogP contribution >= 0.6 is 0 Å². The van der Waals surface area contributed by atoms with E-state index in [1.807, 2.05) is 53.4 Å². The van der Waals surface area contributed by atoms with Gasteiger partial charge in [0.1, 0.15) is 6.04 Å². The average molecular weight is 434 g/mol. The second kappa shape index (κ2) is 7.74. The highest BCUT2D eigenvalue weighted by Crippen LogP contribution is 2.39. The molecule has 1 atom stereocenters. The summed E-state index contributed by atoms with van der Waals surface area (Å²) in [7, 11) is 1.57. The second-order valence-corrected chi connectivity index (χ2v) is 8.20. The standard InChI is InChI=1S/C27H22N4O2/c1-33-24-16-20(18-9-3-4-10-21(18)29-24)27(32)31-15-13-19-17-8-2-5-11-22(17)30-25(19)26(31)23-12-6-7-14-28-23/h2-12,14,16,26,30H,13,15H2,1H3/t26-/m0/s1. The van der Waals surface area contributed by atoms with Crippen molar-refractivity contribution >= 4 is 27.7 Å². The van der Waals surface area contributed by atoms with Crippen molar-refractivity contribution in [1.82, 2.24) is 19.9 Å². The Hall–Kier alpha value is -4.19. The van der Waals surface area contributed by atoms with E-state index in [9.17, 15) is 4.79 Å². The minimum absolute atomic E-state index is 0.0631. The zero-order chi connectivity index (χ0) is 22.4. The smallest absolute Gasteiger partial charge is 0.255 e. The lowest BCUT2D eigenvalue weighted by Gasteiger charge is -2.36. The molecule has 0 bridgehead atoms. The number of para-hydroxylation sites is 2. The maximum absolute atomic E-state index is 14.1. The Kier molecular flexibility index (Phi) is 4.57. The molecule has 4 heterocycles. The number of H-pyrrole nitrogens is 1. The molecule has 0 unspecified atom stereocenters. The third-order valence-corrected chi connectivity index (χ3v) is 6.40. The van der Waals surface area contributed by atoms with Gasteiger partial charge in [0.2, 0.25) is 5.88 Å². The zero-order valence-corrected chi connectivity index (χ0v) is 18.2. The van der Waals surface area contributed by atoms with Crippen LogP contribution in [0.3, 0.4) is 0 Å². The topological polar surface area (TPSA) is 71.1 Å². The van der Waals surface area contributed by atoms with Crippen molar-refractivity contribution in [3.8, 4) is 5.88 Å². The lowest BCUT2D eigenvalue weighted by atomic mass is 9.93. The molecule has 6 rings (SSSR count). The van der Waals surface area contributed by atoms with E-state index >= 15 is 0 Å². The number of pyridine rings is 2. The molecule has 162 valence electrons. The molecule has 1 aliphatic heterocycles. The number of aromatic amines is 1. The SMILES string of the molecule is COc1cc(C(=O)N2CCc3c([nH]c4ccccc34)[C@@H]2c2ccccn2)c2ccccc2n1. The van der Waals surface area contributed by atoms with Crippen LogP contribution in [0.25, 0.3) is 21.8 Å². The predicted molar refractivity (Wildman–Crippen MR) is 127 cm³/mol. The van der Waals surface area contributed by atoms with Crippen molar-refractivity contribution in [3.05, 3.63) is 102 Å². The quantitative estimate of drug-likeness (QED) is 0.438. The fourth-order valence-corrected chi connectivity index (χ4v) is 4.89. The first-order valence-electron chi connectivity index (χ1n) is 11.0. The van der Waals surface area contributed by atoms with Gasteiger partial charge in [-0.1, -0.05) is 42.5 Å². The van der Waals surface area contributed by atoms with Crippen molar-refractivity contribution in [2.75, 3.05) is 13.7 Å². The van der Waals surface area contributed by atoms with Gasteiger partial charge in [-0.15, -0.1) is 0 Å². The Bertz CT molecular complexity index is 1490. The van der Waals surface area contributed by atoms with E-state index < -0.39 is 0 Å². The molecule has 33 heavy (non-hydrogen) atoms. The molecular weight excluding hydrogens is 412 g/mol. The number of aromatic nitrogens is 3. The Morgan fingerprint density at radius 1 is 1.03 bits per heavy atom. The maximum atomic E-state index is 14.1. The molecule has 0 spiro atoms. The first-order chi connectivity index (χ1) is 16.2. The molecule has 1 aliphatic rings. The number of rotatable bonds is 3. The predicted octanol–water partition coefficient (Wildman–Crippen LogP) is 4.91. The van der Waals surface area contributed by atoms with Crippen LogP contribution in [-0.4, -0.2) is 39.4 Å². The van der Waals surface area contributed by atoms with Crippen molar-refractivity contribution in [2.24, 2.45) is 0 Å². The van der Waals surface area contributed by atoms with Crippen molar-refractivity contribution < 1.29 is 9.53 Å². The normalized spacial score (nSPS) is 15.5. The highest BCUT2D eigenvalue weighted by Gasteiger charge is 2.36. The second-order valence-electron chi connectivity index (χ2n) is 8.20. The Morgan fingerprint density at radius 2 is 1.82 bits per heavy atom. The molecule has 0 saturated heterocycles. The van der Waals surface area contributed by atoms with Crippen LogP contribution in [-0.2, 0) is 6.42 Å². The monoisotopic (exact) mass is 434 g/mol. The van der Waals surface area contributed by atoms with Gasteiger partial charge >= 0.3 is 0 Å². The number of nitrogens with one attached hydrogen (secondary N) is 1. The van der Waals surface area contributed by atoms with Crippen molar-refractivity contribution in [1.29, 1.82) is 0 Å². The van der Waals surface area contributed by atoms with Gasteiger partial charge in [0.05, 0.1) is 23.9 Å². The highest BCUT2D eigenvalue weighted by atomic mass is 16.5. The summed E-state index contributed by atoms with van der Waals surface area (Å²) in [5.41, 5.74) is 5.51. The summed E-state index contributed by atoms with van der Waals surface area (Å²) < 4.78 is 5.41. The summed E-state index contributed by atoms with van der Waals surface area (Å²) >= 11 is 0. The maximum Gasteiger partial charge on any atom is 0.255 e. The number of nitrogens with zero attached hydrogens (tertiary/aromatic N) is 3. The highest BCUT2D eigenvalue weighted by molar-refractivity contribution is 6.07. The number of hydrogen-bond acceptors (Lipinski definition) is 4. The fourth-order valence-electron chi connectivity index (χ4n) is 4.89. The van der Waals surface area contributed by atoms with Crippen LogP contribution in [0.15, 0.2) is 79.0 Å². The first-order valence-corrected chi connectivity index (χ1v) is 11.0. The minimum atomic E-state index is -0.312. The van der Waals surface area contributed by atoms with E-state index in [0.29, 0.717) is 18.0 Å². The largest absolute Gasteiger partial charge is 0.481 e. The number of methoxy groups -OCH3 is 1. The molecule has 3 aromatic heterocycles. The van der Waals surface area contributed by atoms with Crippen LogP contribution in [0.5, 0.6) is 5.88 Å². The molecule has 0 radical (unpaired) electrons. The van der Waals surface area contributed by atoms with E-state index in [2.05, 4.69) is 33.2 Å². The van der Waals surface area contributed by atoms with Crippen molar-refractivity contribution in [3.63, 3.8) is 0 Å². The molecule has 5 aromatic rings. The van der Waals surface area contributed by atoms with E-state index in [1.54, 1.807) is 19.4 Å². The van der Waals surface area contributed by atoms with E-state index in [0.717, 1.165) is 34.2 Å². The first kappa shape index (κ1) is 19.5. The molecule has 0 fully saturated rings. The van der Waals surface area contributed by atoms with Gasteiger partial charge in [-0.2, -0.15) is 0 Å². The number of amides is 1. The average Bonchev–Trinajstić information content (AvgIpc) is 3.26. The summed E-state index contributed by atoms with van der Waals surface area (Å²) in [6.07, 6.45) is 2.55. The Morgan fingerprint density at radius 3 is 2.64 bits per heavy atom. The molecule has 1 N–H and O–H groups in total. The Labute approximate surface area is 190 Å². The third-order valence-electron chi connectivity index (χ3n) is 6.40. The molecule has 1 amide bonds. The minimum Gasteiger partial charge on any atom is -0.481 e. The number of benzene rings is 2. The summed E-state index contributed by atoms with van der Waals surface area (Å²) in [5, 5.41) is 2.02. The van der Waals surface area contributed by atoms with Gasteiger partial charge in [-0.3, -0.25) is 9.78 Å². The zero-order valence-electron chi connectivity index (χ0n) is 18.2. The summed E-state index contributed by atoms with van der Waals surface area (Å²) in [6, 6.07) is 23.2. The van der Waals surface area contributed by atoms with Crippen LogP contribution < -0.4 is 4.74 Å². The molecule has 2 aromatic carbocycles. The summed E-state index contributed by atoms with van der Waals surface area (Å²) in [4.78, 5) is 28.8. The van der Waals surface area contributed by atoms with Crippen LogP contribution in [0.1, 0.15) is 33.4 Å². The number of carbonyl (C=O) groups excluding carboxylic acids is 1. The molecule has 6 heteroatoms. The number of hydrogen-bond donors (Lipinski definition) is 1. The van der Waals surface area contributed by atoms with Gasteiger partial charge in [-0.05, 0) is 36.2 Å². The number of carbonyl (C=O) groups is 1. The fraction of sp³-hybridized carbons (Fsp3) is 0.148. The van der Waals surface area contributed by atoms with Crippen LogP contribution in [0.2, 0.25) is 0 Å². The molecule has 0 aliphatic carbocycles. The lowest BCUT2D eigenvalue weighted by molar-refractivity contribution is 0.0690. The number of fused-ring (bicyclic) bond motifs is 4. The molecule has 0 saturated carbocycles. The summed E-state index contributed by atoms with van der Waals surface area (Å²) in [6.45, 7) is 0.591. The molecular formula is C27H22N4O2. The molecule has 6 nitrogen and oxygen atoms in total. The van der Waals surface area contributed by atoms with Gasteiger partial charge in [-0.25, -0.2) is 4.98 Å². The van der Waals surface area contributed by atoms with Crippen LogP contribution in [0, 0.1) is 0 Å². The van der Waals surface area contributed by atoms with Gasteiger partial charge in [0, 0.05) is 40.8 Å². The number of ether oxygens (including phenoxy) is 1. The summed E-state index contributed by atoms with van der Waals surface area (Å²) in [5.74, 6) is 0.363. The van der Waals surface area contributed by atoms with Crippen LogP contribution in [0.4, 0.5) is 0 Å². The van der Waals surface area contributed by atoms with Gasteiger partial charge < -0.3 is 14.6 Å². The third kappa shape index (κ3) is 3.14. The Balaban J connectivity index is 1.54. The van der Waals surface area contributed by atoms with E-state index in [1.165, 1.54) is 10.9 Å². The van der Waals surface area contributed by atoms with E-state index in [-0.39, 0.29) is 11.9 Å². The van der Waals surface area contributed by atoms with Gasteiger partial charge in [0.25, 0.3) is 5.91 Å². The lowest BCUT2D eigenvalue weighted by Crippen LogP contribution is -2.41. The van der Waals surface area contributed by atoms with E-state index in [4.69, 9.17) is 4.74 Å². The van der Waals surface area contributed by atoms with Gasteiger partial charge in [0.15, 0.2) is 0 Å². The van der Waals surface area contributed by atoms with Crippen molar-refractivity contribution in [2.45, 2.75) is 12.5 Å².